The Balaban J connectivity index is 1.61. The molecule has 4 rings (SSSR count). The molecule has 0 saturated carbocycles. The summed E-state index contributed by atoms with van der Waals surface area (Å²) >= 11 is 0. The maximum absolute atomic E-state index is 13.0. The lowest BCUT2D eigenvalue weighted by molar-refractivity contribution is -0.135. The van der Waals surface area contributed by atoms with Crippen LogP contribution in [0.25, 0.3) is 10.9 Å². The first-order valence-corrected chi connectivity index (χ1v) is 9.13. The Kier molecular flexibility index (Phi) is 4.26. The van der Waals surface area contributed by atoms with Gasteiger partial charge in [-0.15, -0.1) is 0 Å². The molecule has 0 aliphatic carbocycles. The molecular weight excluding hydrogens is 354 g/mol. The summed E-state index contributed by atoms with van der Waals surface area (Å²) in [7, 11) is 1.65. The van der Waals surface area contributed by atoms with Crippen molar-refractivity contribution in [1.29, 1.82) is 0 Å². The van der Waals surface area contributed by atoms with Crippen molar-refractivity contribution in [2.24, 2.45) is 18.2 Å². The van der Waals surface area contributed by atoms with Crippen LogP contribution in [-0.2, 0) is 18.3 Å². The first kappa shape index (κ1) is 18.0. The normalized spacial score (nSPS) is 15.2. The molecule has 1 fully saturated rings. The van der Waals surface area contributed by atoms with Crippen molar-refractivity contribution in [3.05, 3.63) is 82.1 Å². The maximum atomic E-state index is 13.0. The van der Waals surface area contributed by atoms with Gasteiger partial charge in [0.2, 0.25) is 5.91 Å². The summed E-state index contributed by atoms with van der Waals surface area (Å²) in [4.78, 5) is 39.3. The predicted octanol–water partition coefficient (Wildman–Crippen LogP) is 1.71. The van der Waals surface area contributed by atoms with E-state index in [2.05, 4.69) is 0 Å². The summed E-state index contributed by atoms with van der Waals surface area (Å²) < 4.78 is 1.48. The Morgan fingerprint density at radius 1 is 1.04 bits per heavy atom. The highest BCUT2D eigenvalue weighted by Crippen LogP contribution is 2.35. The topological polar surface area (TPSA) is 85.4 Å². The second-order valence-electron chi connectivity index (χ2n) is 7.45. The van der Waals surface area contributed by atoms with E-state index < -0.39 is 11.3 Å². The number of carbonyl (C=O) groups is 2. The highest BCUT2D eigenvalue weighted by atomic mass is 16.2. The number of nitrogens with zero attached hydrogens (tertiary/aromatic N) is 2. The van der Waals surface area contributed by atoms with E-state index in [4.69, 9.17) is 5.73 Å². The van der Waals surface area contributed by atoms with E-state index >= 15 is 0 Å². The number of rotatable bonds is 4. The van der Waals surface area contributed by atoms with Gasteiger partial charge in [-0.2, -0.15) is 0 Å². The van der Waals surface area contributed by atoms with Crippen molar-refractivity contribution >= 4 is 22.7 Å². The van der Waals surface area contributed by atoms with Crippen LogP contribution >= 0.6 is 0 Å². The molecule has 6 heteroatoms. The molecule has 142 valence electrons. The van der Waals surface area contributed by atoms with Gasteiger partial charge in [-0.1, -0.05) is 48.5 Å². The van der Waals surface area contributed by atoms with Gasteiger partial charge in [-0.3, -0.25) is 14.4 Å². The fraction of sp³-hybridized carbons (Fsp3) is 0.227. The number of nitrogens with two attached hydrogens (primary N) is 1. The van der Waals surface area contributed by atoms with Crippen LogP contribution in [0.4, 0.5) is 0 Å². The Morgan fingerprint density at radius 3 is 2.36 bits per heavy atom. The minimum absolute atomic E-state index is 0.110. The Labute approximate surface area is 162 Å². The molecule has 1 aliphatic heterocycles. The van der Waals surface area contributed by atoms with Crippen molar-refractivity contribution in [3.8, 4) is 0 Å². The van der Waals surface area contributed by atoms with Gasteiger partial charge in [0, 0.05) is 20.1 Å². The summed E-state index contributed by atoms with van der Waals surface area (Å²) in [6, 6.07) is 18.6. The number of hydrogen-bond acceptors (Lipinski definition) is 3. The molecule has 2 aromatic carbocycles. The fourth-order valence-corrected chi connectivity index (χ4v) is 3.92. The van der Waals surface area contributed by atoms with Crippen molar-refractivity contribution < 1.29 is 9.59 Å². The van der Waals surface area contributed by atoms with Gasteiger partial charge in [0.25, 0.3) is 11.5 Å². The Morgan fingerprint density at radius 2 is 1.68 bits per heavy atom. The van der Waals surface area contributed by atoms with Crippen LogP contribution in [0.1, 0.15) is 15.9 Å². The standard InChI is InChI=1S/C22H21N3O3/c1-24-18-10-6-5-9-16(18)11-17(19(24)26)20(27)25-13-22(14-25,21(23)28)12-15-7-3-2-4-8-15/h2-11H,12-14H2,1H3,(H2,23,28). The van der Waals surface area contributed by atoms with Crippen LogP contribution in [0.3, 0.4) is 0 Å². The van der Waals surface area contributed by atoms with Crippen molar-refractivity contribution in [1.82, 2.24) is 9.47 Å². The van der Waals surface area contributed by atoms with Crippen molar-refractivity contribution in [3.63, 3.8) is 0 Å². The van der Waals surface area contributed by atoms with E-state index in [9.17, 15) is 14.4 Å². The zero-order chi connectivity index (χ0) is 19.9. The number of carbonyl (C=O) groups excluding carboxylic acids is 2. The number of pyridine rings is 1. The molecule has 0 spiro atoms. The molecule has 1 aliphatic rings. The largest absolute Gasteiger partial charge is 0.369 e. The zero-order valence-corrected chi connectivity index (χ0v) is 15.6. The third kappa shape index (κ3) is 2.87. The first-order chi connectivity index (χ1) is 13.4. The van der Waals surface area contributed by atoms with Gasteiger partial charge in [-0.05, 0) is 29.5 Å². The summed E-state index contributed by atoms with van der Waals surface area (Å²) in [6.07, 6.45) is 0.475. The number of aromatic nitrogens is 1. The molecule has 6 nitrogen and oxygen atoms in total. The van der Waals surface area contributed by atoms with Crippen LogP contribution in [0.2, 0.25) is 0 Å². The highest BCUT2D eigenvalue weighted by molar-refractivity contribution is 5.99. The van der Waals surface area contributed by atoms with E-state index in [0.29, 0.717) is 6.42 Å². The van der Waals surface area contributed by atoms with Crippen LogP contribution in [0, 0.1) is 5.41 Å². The number of para-hydroxylation sites is 1. The third-order valence-electron chi connectivity index (χ3n) is 5.55. The molecule has 28 heavy (non-hydrogen) atoms. The molecule has 0 radical (unpaired) electrons. The number of primary amides is 1. The second kappa shape index (κ2) is 6.64. The monoisotopic (exact) mass is 375 g/mol. The number of hydrogen-bond donors (Lipinski definition) is 1. The molecule has 1 saturated heterocycles. The predicted molar refractivity (Wildman–Crippen MR) is 107 cm³/mol. The molecule has 2 amide bonds. The van der Waals surface area contributed by atoms with Gasteiger partial charge in [0.05, 0.1) is 10.9 Å². The minimum atomic E-state index is -0.793. The Bertz CT molecular complexity index is 1130. The van der Waals surface area contributed by atoms with E-state index in [1.54, 1.807) is 13.1 Å². The molecule has 0 bridgehead atoms. The number of likely N-dealkylation sites (tertiary alicyclic amines) is 1. The van der Waals surface area contributed by atoms with E-state index in [-0.39, 0.29) is 30.1 Å². The van der Waals surface area contributed by atoms with Gasteiger partial charge in [0.15, 0.2) is 0 Å². The number of fused-ring (bicyclic) bond motifs is 1. The first-order valence-electron chi connectivity index (χ1n) is 9.13. The van der Waals surface area contributed by atoms with E-state index in [1.807, 2.05) is 54.6 Å². The van der Waals surface area contributed by atoms with Gasteiger partial charge in [0.1, 0.15) is 5.56 Å². The third-order valence-corrected chi connectivity index (χ3v) is 5.55. The van der Waals surface area contributed by atoms with E-state index in [1.165, 1.54) is 9.47 Å². The summed E-state index contributed by atoms with van der Waals surface area (Å²) in [5.74, 6) is -0.789. The van der Waals surface area contributed by atoms with Crippen LogP contribution in [0.15, 0.2) is 65.5 Å². The summed E-state index contributed by atoms with van der Waals surface area (Å²) in [5.41, 5.74) is 6.40. The smallest absolute Gasteiger partial charge is 0.263 e. The van der Waals surface area contributed by atoms with E-state index in [0.717, 1.165) is 16.5 Å². The highest BCUT2D eigenvalue weighted by Gasteiger charge is 2.50. The van der Waals surface area contributed by atoms with Crippen LogP contribution in [0.5, 0.6) is 0 Å². The fourth-order valence-electron chi connectivity index (χ4n) is 3.92. The molecule has 0 unspecified atom stereocenters. The summed E-state index contributed by atoms with van der Waals surface area (Å²) in [5, 5.41) is 0.818. The Hall–Kier alpha value is -3.41. The average Bonchev–Trinajstić information content (AvgIpc) is 2.67. The summed E-state index contributed by atoms with van der Waals surface area (Å²) in [6.45, 7) is 0.429. The molecule has 2 heterocycles. The molecular formula is C22H21N3O3. The number of benzene rings is 2. The van der Waals surface area contributed by atoms with Crippen molar-refractivity contribution in [2.45, 2.75) is 6.42 Å². The number of aryl methyl sites for hydroxylation is 1. The average molecular weight is 375 g/mol. The quantitative estimate of drug-likeness (QED) is 0.753. The lowest BCUT2D eigenvalue weighted by Gasteiger charge is -2.48. The van der Waals surface area contributed by atoms with Crippen LogP contribution < -0.4 is 11.3 Å². The van der Waals surface area contributed by atoms with Crippen LogP contribution in [-0.4, -0.2) is 34.4 Å². The molecule has 3 aromatic rings. The minimum Gasteiger partial charge on any atom is -0.369 e. The van der Waals surface area contributed by atoms with Crippen molar-refractivity contribution in [2.75, 3.05) is 13.1 Å². The second-order valence-corrected chi connectivity index (χ2v) is 7.45. The lowest BCUT2D eigenvalue weighted by Crippen LogP contribution is -2.65. The van der Waals surface area contributed by atoms with Gasteiger partial charge in [-0.25, -0.2) is 0 Å². The van der Waals surface area contributed by atoms with Gasteiger partial charge < -0.3 is 15.2 Å². The lowest BCUT2D eigenvalue weighted by atomic mass is 9.74. The molecule has 0 atom stereocenters. The molecule has 1 aromatic heterocycles. The maximum Gasteiger partial charge on any atom is 0.263 e. The zero-order valence-electron chi connectivity index (χ0n) is 15.6. The SMILES string of the molecule is Cn1c(=O)c(C(=O)N2CC(Cc3ccccc3)(C(N)=O)C2)cc2ccccc21. The number of amides is 2. The molecule has 2 N–H and O–H groups in total. The van der Waals surface area contributed by atoms with Gasteiger partial charge >= 0.3 is 0 Å².